The average Bonchev–Trinajstić information content (AvgIpc) is 2.85. The van der Waals surface area contributed by atoms with Gasteiger partial charge >= 0.3 is 5.97 Å². The molecule has 0 fully saturated rings. The van der Waals surface area contributed by atoms with Crippen LogP contribution in [0.25, 0.3) is 0 Å². The summed E-state index contributed by atoms with van der Waals surface area (Å²) in [5, 5.41) is 6.35. The van der Waals surface area contributed by atoms with Crippen LogP contribution in [0.2, 0.25) is 0 Å². The molecule has 0 heterocycles. The molecule has 2 rings (SSSR count). The van der Waals surface area contributed by atoms with Crippen molar-refractivity contribution in [3.05, 3.63) is 47.5 Å². The van der Waals surface area contributed by atoms with Gasteiger partial charge < -0.3 is 29.0 Å². The summed E-state index contributed by atoms with van der Waals surface area (Å²) in [5.74, 6) is 0.103. The van der Waals surface area contributed by atoms with Crippen molar-refractivity contribution in [2.24, 2.45) is 5.10 Å². The lowest BCUT2D eigenvalue weighted by molar-refractivity contribution is -0.142. The minimum Gasteiger partial charge on any atom is -0.493 e. The molecule has 2 aromatic carbocycles. The number of hydrogen-bond donors (Lipinski definition) is 2. The summed E-state index contributed by atoms with van der Waals surface area (Å²) in [5.41, 5.74) is 3.23. The van der Waals surface area contributed by atoms with Gasteiger partial charge in [0.15, 0.2) is 29.6 Å². The third-order valence-corrected chi connectivity index (χ3v) is 4.22. The molecule has 0 saturated carbocycles. The zero-order valence-electron chi connectivity index (χ0n) is 18.7. The van der Waals surface area contributed by atoms with Crippen LogP contribution in [0.15, 0.2) is 41.5 Å². The Kier molecular flexibility index (Phi) is 9.50. The molecule has 0 aliphatic carbocycles. The summed E-state index contributed by atoms with van der Waals surface area (Å²) in [4.78, 5) is 35.4. The molecule has 0 radical (unpaired) electrons. The fraction of sp³-hybridized carbons (Fsp3) is 0.273. The molecule has 33 heavy (non-hydrogen) atoms. The number of methoxy groups -OCH3 is 4. The number of nitrogens with one attached hydrogen (secondary N) is 2. The predicted molar refractivity (Wildman–Crippen MR) is 118 cm³/mol. The number of amides is 2. The van der Waals surface area contributed by atoms with Gasteiger partial charge in [-0.3, -0.25) is 9.59 Å². The van der Waals surface area contributed by atoms with E-state index in [-0.39, 0.29) is 13.2 Å². The summed E-state index contributed by atoms with van der Waals surface area (Å²) in [6.07, 6.45) is 1.39. The number of hydrogen-bond acceptors (Lipinski definition) is 9. The first kappa shape index (κ1) is 25.0. The van der Waals surface area contributed by atoms with Gasteiger partial charge in [0, 0.05) is 5.56 Å². The Morgan fingerprint density at radius 1 is 0.879 bits per heavy atom. The molecule has 176 valence electrons. The summed E-state index contributed by atoms with van der Waals surface area (Å²) in [6.45, 7) is -0.542. The summed E-state index contributed by atoms with van der Waals surface area (Å²) < 4.78 is 25.4. The summed E-state index contributed by atoms with van der Waals surface area (Å²) in [6, 6.07) is 9.52. The maximum atomic E-state index is 12.2. The highest BCUT2D eigenvalue weighted by Gasteiger charge is 2.12. The highest BCUT2D eigenvalue weighted by Crippen LogP contribution is 2.28. The largest absolute Gasteiger partial charge is 0.493 e. The van der Waals surface area contributed by atoms with Gasteiger partial charge in [-0.25, -0.2) is 10.2 Å². The molecule has 2 N–H and O–H groups in total. The van der Waals surface area contributed by atoms with Crippen molar-refractivity contribution in [1.29, 1.82) is 0 Å². The number of hydrazone groups is 1. The summed E-state index contributed by atoms with van der Waals surface area (Å²) >= 11 is 0. The number of nitrogens with zero attached hydrogens (tertiary/aromatic N) is 1. The van der Waals surface area contributed by atoms with Crippen molar-refractivity contribution in [2.75, 3.05) is 41.6 Å². The topological polar surface area (TPSA) is 134 Å². The lowest BCUT2D eigenvalue weighted by Gasteiger charge is -2.10. The number of rotatable bonds is 11. The van der Waals surface area contributed by atoms with Crippen LogP contribution in [0.1, 0.15) is 15.9 Å². The van der Waals surface area contributed by atoms with Crippen molar-refractivity contribution < 1.29 is 38.1 Å². The van der Waals surface area contributed by atoms with Crippen LogP contribution in [0.4, 0.5) is 0 Å². The molecule has 0 unspecified atom stereocenters. The van der Waals surface area contributed by atoms with Crippen LogP contribution in [-0.4, -0.2) is 65.6 Å². The molecule has 0 aromatic heterocycles. The van der Waals surface area contributed by atoms with Crippen molar-refractivity contribution in [3.8, 4) is 23.0 Å². The van der Waals surface area contributed by atoms with Crippen molar-refractivity contribution >= 4 is 24.0 Å². The monoisotopic (exact) mass is 459 g/mol. The standard InChI is InChI=1S/C22H25N3O8/c1-29-16-8-6-15(10-19(16)31-3)22(28)23-12-20(26)25-24-11-14-5-7-17(18(9-14)30-2)33-13-21(27)32-4/h5-11H,12-13H2,1-4H3,(H,23,28)(H,25,26)/b24-11-. The van der Waals surface area contributed by atoms with E-state index in [9.17, 15) is 14.4 Å². The molecule has 2 amide bonds. The number of carbonyl (C=O) groups excluding carboxylic acids is 3. The van der Waals surface area contributed by atoms with Crippen molar-refractivity contribution in [3.63, 3.8) is 0 Å². The minimum absolute atomic E-state index is 0.259. The maximum Gasteiger partial charge on any atom is 0.343 e. The average molecular weight is 459 g/mol. The van der Waals surface area contributed by atoms with Crippen LogP contribution in [0, 0.1) is 0 Å². The SMILES string of the molecule is COC(=O)COc1ccc(/C=N\NC(=O)CNC(=O)c2ccc(OC)c(OC)c2)cc1OC. The Hall–Kier alpha value is -4.28. The fourth-order valence-corrected chi connectivity index (χ4v) is 2.54. The fourth-order valence-electron chi connectivity index (χ4n) is 2.54. The van der Waals surface area contributed by atoms with Gasteiger partial charge in [-0.1, -0.05) is 0 Å². The molecule has 2 aromatic rings. The first-order chi connectivity index (χ1) is 15.9. The van der Waals surface area contributed by atoms with E-state index in [1.165, 1.54) is 40.7 Å². The van der Waals surface area contributed by atoms with Crippen LogP contribution in [-0.2, 0) is 14.3 Å². The van der Waals surface area contributed by atoms with E-state index >= 15 is 0 Å². The molecule has 0 spiro atoms. The Bertz CT molecular complexity index is 1020. The van der Waals surface area contributed by atoms with Gasteiger partial charge in [-0.2, -0.15) is 5.10 Å². The number of benzene rings is 2. The van der Waals surface area contributed by atoms with Gasteiger partial charge in [0.05, 0.1) is 41.2 Å². The van der Waals surface area contributed by atoms with E-state index in [1.807, 2.05) is 0 Å². The second kappa shape index (κ2) is 12.5. The summed E-state index contributed by atoms with van der Waals surface area (Å²) in [7, 11) is 5.66. The Morgan fingerprint density at radius 2 is 1.55 bits per heavy atom. The van der Waals surface area contributed by atoms with E-state index in [4.69, 9.17) is 18.9 Å². The normalized spacial score (nSPS) is 10.3. The molecule has 11 nitrogen and oxygen atoms in total. The number of ether oxygens (including phenoxy) is 5. The van der Waals surface area contributed by atoms with Gasteiger partial charge in [-0.15, -0.1) is 0 Å². The maximum absolute atomic E-state index is 12.2. The van der Waals surface area contributed by atoms with E-state index in [1.54, 1.807) is 30.3 Å². The Labute approximate surface area is 190 Å². The molecule has 11 heteroatoms. The first-order valence-electron chi connectivity index (χ1n) is 9.61. The Balaban J connectivity index is 1.88. The molecular weight excluding hydrogens is 434 g/mol. The lowest BCUT2D eigenvalue weighted by atomic mass is 10.2. The van der Waals surface area contributed by atoms with E-state index in [0.29, 0.717) is 34.1 Å². The molecule has 0 aliphatic heterocycles. The van der Waals surface area contributed by atoms with E-state index < -0.39 is 17.8 Å². The molecule has 0 saturated heterocycles. The quantitative estimate of drug-likeness (QED) is 0.290. The van der Waals surface area contributed by atoms with Gasteiger partial charge in [0.2, 0.25) is 0 Å². The predicted octanol–water partition coefficient (Wildman–Crippen LogP) is 1.14. The zero-order chi connectivity index (χ0) is 24.2. The van der Waals surface area contributed by atoms with E-state index in [0.717, 1.165) is 0 Å². The van der Waals surface area contributed by atoms with Crippen LogP contribution in [0.3, 0.4) is 0 Å². The van der Waals surface area contributed by atoms with Crippen LogP contribution < -0.4 is 29.7 Å². The van der Waals surface area contributed by atoms with Gasteiger partial charge in [-0.05, 0) is 42.0 Å². The highest BCUT2D eigenvalue weighted by molar-refractivity contribution is 5.97. The smallest absolute Gasteiger partial charge is 0.343 e. The van der Waals surface area contributed by atoms with Gasteiger partial charge in [0.25, 0.3) is 11.8 Å². The highest BCUT2D eigenvalue weighted by atomic mass is 16.6. The van der Waals surface area contributed by atoms with E-state index in [2.05, 4.69) is 20.6 Å². The minimum atomic E-state index is -0.524. The number of esters is 1. The van der Waals surface area contributed by atoms with Crippen LogP contribution >= 0.6 is 0 Å². The molecular formula is C22H25N3O8. The van der Waals surface area contributed by atoms with Crippen molar-refractivity contribution in [2.45, 2.75) is 0 Å². The molecule has 0 atom stereocenters. The second-order valence-corrected chi connectivity index (χ2v) is 6.32. The molecule has 0 bridgehead atoms. The second-order valence-electron chi connectivity index (χ2n) is 6.32. The third-order valence-electron chi connectivity index (χ3n) is 4.22. The lowest BCUT2D eigenvalue weighted by Crippen LogP contribution is -2.34. The zero-order valence-corrected chi connectivity index (χ0v) is 18.7. The van der Waals surface area contributed by atoms with Gasteiger partial charge in [0.1, 0.15) is 0 Å². The first-order valence-corrected chi connectivity index (χ1v) is 9.61. The van der Waals surface area contributed by atoms with Crippen molar-refractivity contribution in [1.82, 2.24) is 10.7 Å². The number of carbonyl (C=O) groups is 3. The third kappa shape index (κ3) is 7.42. The molecule has 0 aliphatic rings. The Morgan fingerprint density at radius 3 is 2.21 bits per heavy atom. The van der Waals surface area contributed by atoms with Crippen LogP contribution in [0.5, 0.6) is 23.0 Å².